The third kappa shape index (κ3) is 1.84. The summed E-state index contributed by atoms with van der Waals surface area (Å²) in [6, 6.07) is 5.96. The molecule has 1 aromatic heterocycles. The van der Waals surface area contributed by atoms with Crippen molar-refractivity contribution in [3.63, 3.8) is 0 Å². The molecule has 0 saturated heterocycles. The molecule has 3 heteroatoms. The average molecular weight is 211 g/mol. The van der Waals surface area contributed by atoms with E-state index in [-0.39, 0.29) is 0 Å². The highest BCUT2D eigenvalue weighted by Crippen LogP contribution is 2.18. The van der Waals surface area contributed by atoms with Gasteiger partial charge in [-0.15, -0.1) is 0 Å². The van der Waals surface area contributed by atoms with Crippen LogP contribution in [0.4, 0.5) is 0 Å². The summed E-state index contributed by atoms with van der Waals surface area (Å²) in [5.74, 6) is 0.765. The summed E-state index contributed by atoms with van der Waals surface area (Å²) in [6.07, 6.45) is 5.10. The van der Waals surface area contributed by atoms with Gasteiger partial charge in [0.25, 0.3) is 0 Å². The first-order chi connectivity index (χ1) is 7.74. The van der Waals surface area contributed by atoms with E-state index < -0.39 is 0 Å². The Bertz CT molecular complexity index is 570. The van der Waals surface area contributed by atoms with E-state index in [1.54, 1.807) is 0 Å². The van der Waals surface area contributed by atoms with E-state index in [0.29, 0.717) is 0 Å². The number of nitrogens with zero attached hydrogens (tertiary/aromatic N) is 2. The molecular weight excluding hydrogens is 198 g/mol. The molecular formula is C13H13N3. The van der Waals surface area contributed by atoms with Crippen LogP contribution in [0.15, 0.2) is 30.5 Å². The molecule has 0 aliphatic heterocycles. The third-order valence-electron chi connectivity index (χ3n) is 2.50. The van der Waals surface area contributed by atoms with E-state index in [9.17, 15) is 0 Å². The number of nitrogens with one attached hydrogen (secondary N) is 1. The maximum absolute atomic E-state index is 7.32. The minimum atomic E-state index is 0.765. The molecule has 2 aromatic rings. The molecule has 0 fully saturated rings. The van der Waals surface area contributed by atoms with Crippen LogP contribution in [0.3, 0.4) is 0 Å². The maximum atomic E-state index is 7.32. The van der Waals surface area contributed by atoms with Crippen molar-refractivity contribution in [2.24, 2.45) is 0 Å². The molecule has 1 aromatic carbocycles. The minimum absolute atomic E-state index is 0.765. The molecule has 0 bridgehead atoms. The molecule has 16 heavy (non-hydrogen) atoms. The van der Waals surface area contributed by atoms with Crippen LogP contribution in [0.5, 0.6) is 0 Å². The molecule has 80 valence electrons. The van der Waals surface area contributed by atoms with Crippen molar-refractivity contribution in [3.8, 4) is 0 Å². The first-order valence-corrected chi connectivity index (χ1v) is 5.15. The van der Waals surface area contributed by atoms with Gasteiger partial charge in [-0.25, -0.2) is 9.97 Å². The van der Waals surface area contributed by atoms with E-state index in [2.05, 4.69) is 9.97 Å². The van der Waals surface area contributed by atoms with Crippen LogP contribution in [0.2, 0.25) is 0 Å². The molecule has 0 atom stereocenters. The Morgan fingerprint density at radius 1 is 1.38 bits per heavy atom. The zero-order valence-electron chi connectivity index (χ0n) is 9.36. The van der Waals surface area contributed by atoms with Crippen LogP contribution in [0.1, 0.15) is 18.3 Å². The fourth-order valence-electron chi connectivity index (χ4n) is 1.63. The van der Waals surface area contributed by atoms with Gasteiger partial charge in [-0.2, -0.15) is 0 Å². The smallest absolute Gasteiger partial charge is 0.125 e. The van der Waals surface area contributed by atoms with E-state index in [4.69, 9.17) is 5.41 Å². The molecule has 0 saturated carbocycles. The largest absolute Gasteiger partial charge is 0.308 e. The normalized spacial score (nSPS) is 11.8. The molecule has 0 amide bonds. The van der Waals surface area contributed by atoms with Crippen LogP contribution in [-0.2, 0) is 0 Å². The lowest BCUT2D eigenvalue weighted by Crippen LogP contribution is -1.90. The molecule has 2 rings (SSSR count). The molecule has 0 unspecified atom stereocenters. The minimum Gasteiger partial charge on any atom is -0.308 e. The van der Waals surface area contributed by atoms with Crippen LogP contribution >= 0.6 is 0 Å². The van der Waals surface area contributed by atoms with Crippen LogP contribution < -0.4 is 0 Å². The fourth-order valence-corrected chi connectivity index (χ4v) is 1.63. The number of rotatable bonds is 2. The molecule has 0 aliphatic rings. The first kappa shape index (κ1) is 10.5. The maximum Gasteiger partial charge on any atom is 0.125 e. The lowest BCUT2D eigenvalue weighted by Gasteiger charge is -2.03. The quantitative estimate of drug-likeness (QED) is 0.776. The number of benzene rings is 1. The van der Waals surface area contributed by atoms with Gasteiger partial charge in [0.05, 0.1) is 5.52 Å². The van der Waals surface area contributed by atoms with Crippen molar-refractivity contribution < 1.29 is 0 Å². The number of hydrogen-bond donors (Lipinski definition) is 1. The summed E-state index contributed by atoms with van der Waals surface area (Å²) >= 11 is 0. The summed E-state index contributed by atoms with van der Waals surface area (Å²) in [7, 11) is 0. The second-order valence-corrected chi connectivity index (χ2v) is 3.58. The van der Waals surface area contributed by atoms with Crippen molar-refractivity contribution in [2.45, 2.75) is 13.8 Å². The predicted molar refractivity (Wildman–Crippen MR) is 66.7 cm³/mol. The Hall–Kier alpha value is -2.03. The fraction of sp³-hybridized carbons (Fsp3) is 0.154. The summed E-state index contributed by atoms with van der Waals surface area (Å²) in [6.45, 7) is 3.80. The summed E-state index contributed by atoms with van der Waals surface area (Å²) < 4.78 is 0. The van der Waals surface area contributed by atoms with Gasteiger partial charge < -0.3 is 5.41 Å². The van der Waals surface area contributed by atoms with Crippen molar-refractivity contribution in [3.05, 3.63) is 41.9 Å². The Labute approximate surface area is 94.4 Å². The van der Waals surface area contributed by atoms with Gasteiger partial charge in [0.15, 0.2) is 0 Å². The van der Waals surface area contributed by atoms with Gasteiger partial charge in [-0.3, -0.25) is 0 Å². The molecule has 1 N–H and O–H groups in total. The second kappa shape index (κ2) is 4.23. The number of fused-ring (bicyclic) bond motifs is 1. The van der Waals surface area contributed by atoms with Crippen LogP contribution in [-0.4, -0.2) is 16.2 Å². The lowest BCUT2D eigenvalue weighted by atomic mass is 10.1. The highest BCUT2D eigenvalue weighted by atomic mass is 14.9. The average Bonchev–Trinajstić information content (AvgIpc) is 2.30. The van der Waals surface area contributed by atoms with Gasteiger partial charge in [-0.05, 0) is 31.1 Å². The van der Waals surface area contributed by atoms with E-state index in [0.717, 1.165) is 27.9 Å². The number of hydrogen-bond acceptors (Lipinski definition) is 3. The monoisotopic (exact) mass is 211 g/mol. The zero-order valence-corrected chi connectivity index (χ0v) is 9.36. The predicted octanol–water partition coefficient (Wildman–Crippen LogP) is 2.99. The Kier molecular flexibility index (Phi) is 2.77. The van der Waals surface area contributed by atoms with Crippen molar-refractivity contribution >= 4 is 22.7 Å². The van der Waals surface area contributed by atoms with Gasteiger partial charge >= 0.3 is 0 Å². The Morgan fingerprint density at radius 2 is 2.19 bits per heavy atom. The number of allylic oxidation sites excluding steroid dienone is 2. The van der Waals surface area contributed by atoms with Crippen molar-refractivity contribution in [1.82, 2.24) is 9.97 Å². The standard InChI is InChI=1S/C13H13N3/c1-3-10(7-14)11-4-5-12-8-15-9(2)16-13(12)6-11/h3-8,14H,1-2H3/b10-3+,14-7?. The van der Waals surface area contributed by atoms with Gasteiger partial charge in [0.1, 0.15) is 5.82 Å². The molecule has 0 spiro atoms. The summed E-state index contributed by atoms with van der Waals surface area (Å²) in [5.41, 5.74) is 2.84. The summed E-state index contributed by atoms with van der Waals surface area (Å²) in [5, 5.41) is 8.34. The molecule has 1 heterocycles. The Balaban J connectivity index is 2.63. The topological polar surface area (TPSA) is 49.6 Å². The van der Waals surface area contributed by atoms with Gasteiger partial charge in [0.2, 0.25) is 0 Å². The van der Waals surface area contributed by atoms with Gasteiger partial charge in [-0.1, -0.05) is 18.2 Å². The molecule has 0 aliphatic carbocycles. The highest BCUT2D eigenvalue weighted by molar-refractivity contribution is 6.09. The van der Waals surface area contributed by atoms with E-state index in [1.807, 2.05) is 44.3 Å². The van der Waals surface area contributed by atoms with Crippen LogP contribution in [0.25, 0.3) is 16.5 Å². The number of aromatic nitrogens is 2. The molecule has 3 nitrogen and oxygen atoms in total. The van der Waals surface area contributed by atoms with Crippen molar-refractivity contribution in [2.75, 3.05) is 0 Å². The lowest BCUT2D eigenvalue weighted by molar-refractivity contribution is 1.09. The van der Waals surface area contributed by atoms with E-state index in [1.165, 1.54) is 6.21 Å². The number of aryl methyl sites for hydroxylation is 1. The Morgan fingerprint density at radius 3 is 2.88 bits per heavy atom. The third-order valence-corrected chi connectivity index (χ3v) is 2.50. The first-order valence-electron chi connectivity index (χ1n) is 5.15. The van der Waals surface area contributed by atoms with E-state index >= 15 is 0 Å². The zero-order chi connectivity index (χ0) is 11.5. The van der Waals surface area contributed by atoms with Gasteiger partial charge in [0, 0.05) is 17.8 Å². The SMILES string of the molecule is C/C=C(\C=N)c1ccc2cnc(C)nc2c1. The van der Waals surface area contributed by atoms with Crippen molar-refractivity contribution in [1.29, 1.82) is 5.41 Å². The molecule has 0 radical (unpaired) electrons. The van der Waals surface area contributed by atoms with Crippen LogP contribution in [0, 0.1) is 12.3 Å². The highest BCUT2D eigenvalue weighted by Gasteiger charge is 2.01. The second-order valence-electron chi connectivity index (χ2n) is 3.58. The summed E-state index contributed by atoms with van der Waals surface area (Å²) in [4.78, 5) is 8.53.